The van der Waals surface area contributed by atoms with Crippen molar-refractivity contribution in [1.29, 1.82) is 0 Å². The van der Waals surface area contributed by atoms with E-state index in [4.69, 9.17) is 5.73 Å². The fourth-order valence-corrected chi connectivity index (χ4v) is 3.27. The standard InChI is InChI=1S/C13H28N4/c1-16-7-3-4-11(9-16)15-12-5-6-13(8-14)17(2)10-12/h11-13,15H,3-10,14H2,1-2H3. The Balaban J connectivity index is 1.76. The minimum absolute atomic E-state index is 0.599. The molecule has 100 valence electrons. The lowest BCUT2D eigenvalue weighted by Gasteiger charge is -2.40. The van der Waals surface area contributed by atoms with Gasteiger partial charge in [-0.05, 0) is 46.3 Å². The molecule has 0 bridgehead atoms. The largest absolute Gasteiger partial charge is 0.329 e. The molecule has 0 aromatic rings. The molecule has 2 aliphatic heterocycles. The van der Waals surface area contributed by atoms with Crippen molar-refractivity contribution in [1.82, 2.24) is 15.1 Å². The quantitative estimate of drug-likeness (QED) is 0.734. The summed E-state index contributed by atoms with van der Waals surface area (Å²) in [6.45, 7) is 4.43. The predicted molar refractivity (Wildman–Crippen MR) is 72.1 cm³/mol. The monoisotopic (exact) mass is 240 g/mol. The van der Waals surface area contributed by atoms with Crippen LogP contribution >= 0.6 is 0 Å². The van der Waals surface area contributed by atoms with E-state index in [-0.39, 0.29) is 0 Å². The van der Waals surface area contributed by atoms with Gasteiger partial charge in [0.25, 0.3) is 0 Å². The van der Waals surface area contributed by atoms with Crippen LogP contribution in [0.25, 0.3) is 0 Å². The summed E-state index contributed by atoms with van der Waals surface area (Å²) in [6, 6.07) is 1.96. The van der Waals surface area contributed by atoms with Gasteiger partial charge in [-0.3, -0.25) is 0 Å². The molecule has 3 N–H and O–H groups in total. The maximum Gasteiger partial charge on any atom is 0.0216 e. The van der Waals surface area contributed by atoms with Crippen LogP contribution in [0.3, 0.4) is 0 Å². The van der Waals surface area contributed by atoms with Crippen LogP contribution < -0.4 is 11.1 Å². The van der Waals surface area contributed by atoms with E-state index >= 15 is 0 Å². The molecule has 2 aliphatic rings. The maximum absolute atomic E-state index is 5.77. The molecule has 0 aliphatic carbocycles. The molecule has 2 heterocycles. The van der Waals surface area contributed by atoms with Gasteiger partial charge >= 0.3 is 0 Å². The molecule has 2 rings (SSSR count). The van der Waals surface area contributed by atoms with Gasteiger partial charge in [-0.15, -0.1) is 0 Å². The summed E-state index contributed by atoms with van der Waals surface area (Å²) in [5.41, 5.74) is 5.77. The molecule has 0 aromatic heterocycles. The fourth-order valence-electron chi connectivity index (χ4n) is 3.27. The third-order valence-corrected chi connectivity index (χ3v) is 4.35. The van der Waals surface area contributed by atoms with E-state index in [0.717, 1.165) is 13.1 Å². The van der Waals surface area contributed by atoms with Crippen LogP contribution in [0.2, 0.25) is 0 Å². The number of piperidine rings is 2. The van der Waals surface area contributed by atoms with Crippen LogP contribution in [0.1, 0.15) is 25.7 Å². The minimum atomic E-state index is 0.599. The van der Waals surface area contributed by atoms with Gasteiger partial charge in [0, 0.05) is 37.8 Å². The van der Waals surface area contributed by atoms with E-state index in [2.05, 4.69) is 29.2 Å². The highest BCUT2D eigenvalue weighted by atomic mass is 15.2. The van der Waals surface area contributed by atoms with Gasteiger partial charge in [0.15, 0.2) is 0 Å². The first-order valence-corrected chi connectivity index (χ1v) is 7.04. The Bertz CT molecular complexity index is 233. The Morgan fingerprint density at radius 1 is 1.12 bits per heavy atom. The first-order valence-electron chi connectivity index (χ1n) is 7.04. The van der Waals surface area contributed by atoms with Gasteiger partial charge in [-0.25, -0.2) is 0 Å². The maximum atomic E-state index is 5.77. The number of hydrogen-bond donors (Lipinski definition) is 2. The molecule has 17 heavy (non-hydrogen) atoms. The van der Waals surface area contributed by atoms with Crippen molar-refractivity contribution in [3.05, 3.63) is 0 Å². The molecular weight excluding hydrogens is 212 g/mol. The van der Waals surface area contributed by atoms with Gasteiger partial charge in [-0.2, -0.15) is 0 Å². The Hall–Kier alpha value is -0.160. The molecule has 4 nitrogen and oxygen atoms in total. The molecule has 3 unspecified atom stereocenters. The van der Waals surface area contributed by atoms with E-state index in [1.165, 1.54) is 38.8 Å². The van der Waals surface area contributed by atoms with E-state index in [1.54, 1.807) is 0 Å². The van der Waals surface area contributed by atoms with Crippen LogP contribution in [0.4, 0.5) is 0 Å². The zero-order chi connectivity index (χ0) is 12.3. The predicted octanol–water partition coefficient (Wildman–Crippen LogP) is 0.0917. The second-order valence-corrected chi connectivity index (χ2v) is 5.87. The number of rotatable bonds is 3. The third kappa shape index (κ3) is 3.65. The molecule has 4 heteroatoms. The Morgan fingerprint density at radius 2 is 1.88 bits per heavy atom. The number of nitrogens with zero attached hydrogens (tertiary/aromatic N) is 2. The number of hydrogen-bond acceptors (Lipinski definition) is 4. The van der Waals surface area contributed by atoms with Gasteiger partial charge < -0.3 is 20.9 Å². The number of nitrogens with two attached hydrogens (primary N) is 1. The highest BCUT2D eigenvalue weighted by Crippen LogP contribution is 2.17. The van der Waals surface area contributed by atoms with Crippen LogP contribution in [0.5, 0.6) is 0 Å². The average molecular weight is 240 g/mol. The van der Waals surface area contributed by atoms with Crippen molar-refractivity contribution in [3.8, 4) is 0 Å². The molecular formula is C13H28N4. The lowest BCUT2D eigenvalue weighted by atomic mass is 9.97. The van der Waals surface area contributed by atoms with Gasteiger partial charge in [0.1, 0.15) is 0 Å². The van der Waals surface area contributed by atoms with Crippen LogP contribution in [-0.4, -0.2) is 68.2 Å². The highest BCUT2D eigenvalue weighted by Gasteiger charge is 2.27. The molecule has 0 saturated carbocycles. The second-order valence-electron chi connectivity index (χ2n) is 5.87. The third-order valence-electron chi connectivity index (χ3n) is 4.35. The number of likely N-dealkylation sites (N-methyl/N-ethyl adjacent to an activating group) is 2. The Kier molecular flexibility index (Phi) is 4.79. The molecule has 0 spiro atoms. The van der Waals surface area contributed by atoms with Gasteiger partial charge in [0.2, 0.25) is 0 Å². The van der Waals surface area contributed by atoms with E-state index in [1.807, 2.05) is 0 Å². The number of nitrogens with one attached hydrogen (secondary N) is 1. The van der Waals surface area contributed by atoms with Crippen molar-refractivity contribution in [2.24, 2.45) is 5.73 Å². The summed E-state index contributed by atoms with van der Waals surface area (Å²) in [6.07, 6.45) is 5.20. The van der Waals surface area contributed by atoms with Crippen molar-refractivity contribution >= 4 is 0 Å². The van der Waals surface area contributed by atoms with Crippen molar-refractivity contribution in [2.75, 3.05) is 40.3 Å². The first-order chi connectivity index (χ1) is 8.19. The second kappa shape index (κ2) is 6.14. The van der Waals surface area contributed by atoms with Crippen LogP contribution in [-0.2, 0) is 0 Å². The Morgan fingerprint density at radius 3 is 2.53 bits per heavy atom. The van der Waals surface area contributed by atoms with Crippen molar-refractivity contribution in [3.63, 3.8) is 0 Å². The molecule has 0 amide bonds. The summed E-state index contributed by atoms with van der Waals surface area (Å²) in [5, 5.41) is 3.84. The first kappa shape index (κ1) is 13.3. The smallest absolute Gasteiger partial charge is 0.0216 e. The van der Waals surface area contributed by atoms with Crippen LogP contribution in [0, 0.1) is 0 Å². The molecule has 2 fully saturated rings. The van der Waals surface area contributed by atoms with E-state index in [0.29, 0.717) is 18.1 Å². The fraction of sp³-hybridized carbons (Fsp3) is 1.00. The topological polar surface area (TPSA) is 44.5 Å². The summed E-state index contributed by atoms with van der Waals surface area (Å²) in [4.78, 5) is 4.87. The zero-order valence-corrected chi connectivity index (χ0v) is 11.4. The van der Waals surface area contributed by atoms with E-state index in [9.17, 15) is 0 Å². The molecule has 3 atom stereocenters. The van der Waals surface area contributed by atoms with Crippen molar-refractivity contribution < 1.29 is 0 Å². The number of likely N-dealkylation sites (tertiary alicyclic amines) is 2. The molecule has 2 saturated heterocycles. The van der Waals surface area contributed by atoms with Crippen molar-refractivity contribution in [2.45, 2.75) is 43.8 Å². The zero-order valence-electron chi connectivity index (χ0n) is 11.4. The van der Waals surface area contributed by atoms with Gasteiger partial charge in [-0.1, -0.05) is 0 Å². The van der Waals surface area contributed by atoms with Crippen LogP contribution in [0.15, 0.2) is 0 Å². The van der Waals surface area contributed by atoms with E-state index < -0.39 is 0 Å². The summed E-state index contributed by atoms with van der Waals surface area (Å²) in [7, 11) is 4.43. The molecule has 0 aromatic carbocycles. The normalized spacial score (nSPS) is 37.2. The minimum Gasteiger partial charge on any atom is -0.329 e. The van der Waals surface area contributed by atoms with Gasteiger partial charge in [0.05, 0.1) is 0 Å². The summed E-state index contributed by atoms with van der Waals surface area (Å²) in [5.74, 6) is 0. The highest BCUT2D eigenvalue weighted by molar-refractivity contribution is 4.87. The lowest BCUT2D eigenvalue weighted by Crippen LogP contribution is -2.55. The average Bonchev–Trinajstić information content (AvgIpc) is 2.29. The summed E-state index contributed by atoms with van der Waals surface area (Å²) >= 11 is 0. The lowest BCUT2D eigenvalue weighted by molar-refractivity contribution is 0.136. The SMILES string of the molecule is CN1CCCC(NC2CCC(CN)N(C)C2)C1. The Labute approximate surface area is 106 Å². The molecule has 0 radical (unpaired) electrons. The summed E-state index contributed by atoms with van der Waals surface area (Å²) < 4.78 is 0.